The molecule has 92 valence electrons. The molecule has 0 aromatic heterocycles. The lowest BCUT2D eigenvalue weighted by molar-refractivity contribution is -0.118. The zero-order chi connectivity index (χ0) is 12.5. The fourth-order valence-corrected chi connectivity index (χ4v) is 1.60. The largest absolute Gasteiger partial charge is 0.482 e. The summed E-state index contributed by atoms with van der Waals surface area (Å²) in [5.41, 5.74) is 7.07. The number of nitrogens with one attached hydrogen (secondary N) is 2. The van der Waals surface area contributed by atoms with Gasteiger partial charge < -0.3 is 21.1 Å². The van der Waals surface area contributed by atoms with Crippen LogP contribution in [0.5, 0.6) is 5.75 Å². The second-order valence-corrected chi connectivity index (χ2v) is 4.76. The zero-order valence-corrected chi connectivity index (χ0v) is 10.0. The minimum atomic E-state index is -0.187. The molecule has 4 N–H and O–H groups in total. The van der Waals surface area contributed by atoms with Crippen LogP contribution in [0.4, 0.5) is 11.4 Å². The third-order valence-corrected chi connectivity index (χ3v) is 2.61. The molecule has 17 heavy (non-hydrogen) atoms. The van der Waals surface area contributed by atoms with Gasteiger partial charge in [-0.2, -0.15) is 0 Å². The Labute approximate surface area is 100 Å². The van der Waals surface area contributed by atoms with Crippen molar-refractivity contribution in [3.05, 3.63) is 18.2 Å². The van der Waals surface area contributed by atoms with Crippen LogP contribution in [-0.2, 0) is 4.79 Å². The first-order valence-corrected chi connectivity index (χ1v) is 5.55. The van der Waals surface area contributed by atoms with E-state index in [0.29, 0.717) is 18.0 Å². The molecule has 0 bridgehead atoms. The Balaban J connectivity index is 2.21. The smallest absolute Gasteiger partial charge is 0.262 e. The molecule has 0 radical (unpaired) electrons. The van der Waals surface area contributed by atoms with Gasteiger partial charge in [-0.05, 0) is 32.0 Å². The van der Waals surface area contributed by atoms with Crippen LogP contribution in [0.1, 0.15) is 13.8 Å². The molecule has 0 saturated carbocycles. The van der Waals surface area contributed by atoms with Crippen LogP contribution in [0, 0.1) is 0 Å². The lowest BCUT2D eigenvalue weighted by Gasteiger charge is -2.27. The maximum atomic E-state index is 11.2. The fraction of sp³-hybridized carbons (Fsp3) is 0.417. The molecule has 0 atom stereocenters. The summed E-state index contributed by atoms with van der Waals surface area (Å²) in [4.78, 5) is 11.2. The average Bonchev–Trinajstić information content (AvgIpc) is 2.28. The minimum absolute atomic E-state index is 0.0774. The van der Waals surface area contributed by atoms with E-state index in [9.17, 15) is 4.79 Å². The highest BCUT2D eigenvalue weighted by Crippen LogP contribution is 2.31. The predicted octanol–water partition coefficient (Wildman–Crippen LogP) is 1.17. The standard InChI is InChI=1S/C12H17N3O2/c1-12(2,7-13)15-8-3-4-10-9(5-8)14-11(16)6-17-10/h3-5,15H,6-7,13H2,1-2H3,(H,14,16). The highest BCUT2D eigenvalue weighted by atomic mass is 16.5. The van der Waals surface area contributed by atoms with Gasteiger partial charge in [0.2, 0.25) is 0 Å². The highest BCUT2D eigenvalue weighted by molar-refractivity contribution is 5.96. The molecule has 5 nitrogen and oxygen atoms in total. The topological polar surface area (TPSA) is 76.4 Å². The number of benzene rings is 1. The summed E-state index contributed by atoms with van der Waals surface area (Å²) in [6.45, 7) is 4.63. The van der Waals surface area contributed by atoms with Gasteiger partial charge in [0.1, 0.15) is 5.75 Å². The second-order valence-electron chi connectivity index (χ2n) is 4.76. The highest BCUT2D eigenvalue weighted by Gasteiger charge is 2.18. The average molecular weight is 235 g/mol. The van der Waals surface area contributed by atoms with Crippen molar-refractivity contribution < 1.29 is 9.53 Å². The van der Waals surface area contributed by atoms with E-state index in [2.05, 4.69) is 10.6 Å². The fourth-order valence-electron chi connectivity index (χ4n) is 1.60. The number of amides is 1. The Hall–Kier alpha value is -1.75. The molecule has 5 heteroatoms. The number of nitrogens with two attached hydrogens (primary N) is 1. The Morgan fingerprint density at radius 2 is 2.29 bits per heavy atom. The van der Waals surface area contributed by atoms with Gasteiger partial charge in [0.15, 0.2) is 6.61 Å². The number of fused-ring (bicyclic) bond motifs is 1. The van der Waals surface area contributed by atoms with Crippen LogP contribution in [0.3, 0.4) is 0 Å². The van der Waals surface area contributed by atoms with Crippen LogP contribution in [0.15, 0.2) is 18.2 Å². The summed E-state index contributed by atoms with van der Waals surface area (Å²) in [5.74, 6) is 0.563. The van der Waals surface area contributed by atoms with Gasteiger partial charge in [-0.15, -0.1) is 0 Å². The van der Waals surface area contributed by atoms with Gasteiger partial charge in [0.25, 0.3) is 5.91 Å². The first kappa shape index (κ1) is 11.7. The molecule has 1 heterocycles. The number of anilines is 2. The molecule has 0 saturated heterocycles. The Morgan fingerprint density at radius 3 is 3.00 bits per heavy atom. The van der Waals surface area contributed by atoms with Gasteiger partial charge in [0, 0.05) is 17.8 Å². The Bertz CT molecular complexity index is 443. The van der Waals surface area contributed by atoms with Crippen molar-refractivity contribution in [3.63, 3.8) is 0 Å². The summed E-state index contributed by atoms with van der Waals surface area (Å²) in [6, 6.07) is 5.60. The minimum Gasteiger partial charge on any atom is -0.482 e. The van der Waals surface area contributed by atoms with Crippen LogP contribution in [0.25, 0.3) is 0 Å². The number of carbonyl (C=O) groups is 1. The number of ether oxygens (including phenoxy) is 1. The maximum Gasteiger partial charge on any atom is 0.262 e. The van der Waals surface area contributed by atoms with Gasteiger partial charge in [-0.1, -0.05) is 0 Å². The number of hydrogen-bond acceptors (Lipinski definition) is 4. The van der Waals surface area contributed by atoms with Crippen LogP contribution in [0.2, 0.25) is 0 Å². The van der Waals surface area contributed by atoms with E-state index < -0.39 is 0 Å². The van der Waals surface area contributed by atoms with Crippen molar-refractivity contribution in [2.24, 2.45) is 5.73 Å². The molecular formula is C12H17N3O2. The van der Waals surface area contributed by atoms with E-state index in [-0.39, 0.29) is 18.1 Å². The first-order chi connectivity index (χ1) is 8.00. The molecule has 1 aliphatic rings. The summed E-state index contributed by atoms with van der Waals surface area (Å²) in [6.07, 6.45) is 0. The van der Waals surface area contributed by atoms with E-state index >= 15 is 0 Å². The molecule has 1 aliphatic heterocycles. The van der Waals surface area contributed by atoms with Crippen molar-refractivity contribution in [3.8, 4) is 5.75 Å². The third-order valence-electron chi connectivity index (χ3n) is 2.61. The summed E-state index contributed by atoms with van der Waals surface area (Å²) >= 11 is 0. The lowest BCUT2D eigenvalue weighted by Crippen LogP contribution is -2.39. The zero-order valence-electron chi connectivity index (χ0n) is 10.0. The molecule has 0 aliphatic carbocycles. The number of rotatable bonds is 3. The van der Waals surface area contributed by atoms with E-state index in [4.69, 9.17) is 10.5 Å². The molecule has 0 fully saturated rings. The Morgan fingerprint density at radius 1 is 1.53 bits per heavy atom. The van der Waals surface area contributed by atoms with Crippen molar-refractivity contribution in [2.75, 3.05) is 23.8 Å². The molecular weight excluding hydrogens is 218 g/mol. The van der Waals surface area contributed by atoms with Crippen molar-refractivity contribution in [2.45, 2.75) is 19.4 Å². The third kappa shape index (κ3) is 2.68. The van der Waals surface area contributed by atoms with Crippen molar-refractivity contribution in [1.29, 1.82) is 0 Å². The van der Waals surface area contributed by atoms with Crippen molar-refractivity contribution in [1.82, 2.24) is 0 Å². The van der Waals surface area contributed by atoms with E-state index in [1.807, 2.05) is 32.0 Å². The Kier molecular flexibility index (Phi) is 2.93. The van der Waals surface area contributed by atoms with Gasteiger partial charge in [-0.3, -0.25) is 4.79 Å². The predicted molar refractivity (Wildman–Crippen MR) is 67.3 cm³/mol. The summed E-state index contributed by atoms with van der Waals surface area (Å²) < 4.78 is 5.28. The molecule has 0 unspecified atom stereocenters. The van der Waals surface area contributed by atoms with Gasteiger partial charge in [-0.25, -0.2) is 0 Å². The van der Waals surface area contributed by atoms with E-state index in [1.165, 1.54) is 0 Å². The van der Waals surface area contributed by atoms with Crippen LogP contribution in [-0.4, -0.2) is 24.6 Å². The summed E-state index contributed by atoms with van der Waals surface area (Å²) in [5, 5.41) is 6.07. The van der Waals surface area contributed by atoms with Gasteiger partial charge >= 0.3 is 0 Å². The first-order valence-electron chi connectivity index (χ1n) is 5.55. The number of carbonyl (C=O) groups excluding carboxylic acids is 1. The van der Waals surface area contributed by atoms with E-state index in [0.717, 1.165) is 5.69 Å². The van der Waals surface area contributed by atoms with Crippen LogP contribution < -0.4 is 21.1 Å². The van der Waals surface area contributed by atoms with E-state index in [1.54, 1.807) is 0 Å². The lowest BCUT2D eigenvalue weighted by atomic mass is 10.1. The van der Waals surface area contributed by atoms with Gasteiger partial charge in [0.05, 0.1) is 5.69 Å². The molecule has 2 rings (SSSR count). The monoisotopic (exact) mass is 235 g/mol. The molecule has 1 aromatic carbocycles. The van der Waals surface area contributed by atoms with Crippen LogP contribution >= 0.6 is 0 Å². The maximum absolute atomic E-state index is 11.2. The summed E-state index contributed by atoms with van der Waals surface area (Å²) in [7, 11) is 0. The SMILES string of the molecule is CC(C)(CN)Nc1ccc2c(c1)NC(=O)CO2. The molecule has 0 spiro atoms. The molecule has 1 aromatic rings. The van der Waals surface area contributed by atoms with Crippen molar-refractivity contribution >= 4 is 17.3 Å². The number of hydrogen-bond donors (Lipinski definition) is 3. The quantitative estimate of drug-likeness (QED) is 0.735. The molecule has 1 amide bonds. The second kappa shape index (κ2) is 4.25. The normalized spacial score (nSPS) is 14.6.